The molecule has 0 spiro atoms. The first kappa shape index (κ1) is 15.3. The van der Waals surface area contributed by atoms with E-state index >= 15 is 0 Å². The highest BCUT2D eigenvalue weighted by Gasteiger charge is 2.24. The van der Waals surface area contributed by atoms with Gasteiger partial charge in [-0.1, -0.05) is 6.92 Å². The SMILES string of the molecule is CCC(C#N)N1CCN(c2nc(OC)nc(OC)n2)CC1. The Balaban J connectivity index is 2.07. The van der Waals surface area contributed by atoms with Crippen LogP contribution in [-0.4, -0.2) is 66.3 Å². The van der Waals surface area contributed by atoms with Crippen LogP contribution in [0.4, 0.5) is 5.95 Å². The number of piperazine rings is 1. The van der Waals surface area contributed by atoms with E-state index in [-0.39, 0.29) is 18.1 Å². The Morgan fingerprint density at radius 3 is 2.10 bits per heavy atom. The van der Waals surface area contributed by atoms with Gasteiger partial charge in [0, 0.05) is 26.2 Å². The Kier molecular flexibility index (Phi) is 5.11. The van der Waals surface area contributed by atoms with Gasteiger partial charge in [-0.25, -0.2) is 0 Å². The third-order valence-electron chi connectivity index (χ3n) is 3.52. The van der Waals surface area contributed by atoms with Crippen molar-refractivity contribution < 1.29 is 9.47 Å². The molecule has 8 nitrogen and oxygen atoms in total. The van der Waals surface area contributed by atoms with Gasteiger partial charge in [-0.15, -0.1) is 4.98 Å². The Morgan fingerprint density at radius 1 is 1.10 bits per heavy atom. The molecule has 1 aromatic heterocycles. The van der Waals surface area contributed by atoms with Crippen LogP contribution in [0.25, 0.3) is 0 Å². The second-order valence-electron chi connectivity index (χ2n) is 4.68. The van der Waals surface area contributed by atoms with Crippen molar-refractivity contribution >= 4 is 5.95 Å². The summed E-state index contributed by atoms with van der Waals surface area (Å²) in [6.45, 7) is 5.16. The largest absolute Gasteiger partial charge is 0.467 e. The van der Waals surface area contributed by atoms with Crippen molar-refractivity contribution in [1.29, 1.82) is 5.26 Å². The van der Waals surface area contributed by atoms with Crippen LogP contribution in [0, 0.1) is 11.3 Å². The quantitative estimate of drug-likeness (QED) is 0.766. The van der Waals surface area contributed by atoms with Gasteiger partial charge in [-0.05, 0) is 6.42 Å². The second-order valence-corrected chi connectivity index (χ2v) is 4.68. The number of methoxy groups -OCH3 is 2. The summed E-state index contributed by atoms with van der Waals surface area (Å²) in [5.41, 5.74) is 0. The summed E-state index contributed by atoms with van der Waals surface area (Å²) in [7, 11) is 3.02. The van der Waals surface area contributed by atoms with E-state index in [1.165, 1.54) is 14.2 Å². The van der Waals surface area contributed by atoms with Crippen LogP contribution in [0.5, 0.6) is 12.0 Å². The molecule has 0 radical (unpaired) electrons. The number of rotatable bonds is 5. The lowest BCUT2D eigenvalue weighted by molar-refractivity contribution is 0.215. The van der Waals surface area contributed by atoms with Crippen molar-refractivity contribution in [2.24, 2.45) is 0 Å². The standard InChI is InChI=1S/C13H20N6O2/c1-4-10(9-14)18-5-7-19(8-6-18)11-15-12(20-2)17-13(16-11)21-3/h10H,4-8H2,1-3H3. The van der Waals surface area contributed by atoms with E-state index in [2.05, 4.69) is 25.9 Å². The third-order valence-corrected chi connectivity index (χ3v) is 3.52. The minimum Gasteiger partial charge on any atom is -0.467 e. The topological polar surface area (TPSA) is 87.4 Å². The lowest BCUT2D eigenvalue weighted by atomic mass is 10.2. The molecule has 0 bridgehead atoms. The number of hydrogen-bond donors (Lipinski definition) is 0. The average molecular weight is 292 g/mol. The molecule has 1 unspecified atom stereocenters. The van der Waals surface area contributed by atoms with Crippen LogP contribution < -0.4 is 14.4 Å². The van der Waals surface area contributed by atoms with Crippen molar-refractivity contribution in [3.05, 3.63) is 0 Å². The van der Waals surface area contributed by atoms with Gasteiger partial charge in [-0.2, -0.15) is 15.2 Å². The third kappa shape index (κ3) is 3.49. The molecule has 1 fully saturated rings. The van der Waals surface area contributed by atoms with E-state index in [0.29, 0.717) is 5.95 Å². The predicted molar refractivity (Wildman–Crippen MR) is 76.4 cm³/mol. The van der Waals surface area contributed by atoms with Crippen LogP contribution in [0.1, 0.15) is 13.3 Å². The van der Waals surface area contributed by atoms with Crippen LogP contribution in [0.15, 0.2) is 0 Å². The lowest BCUT2D eigenvalue weighted by Crippen LogP contribution is -2.50. The average Bonchev–Trinajstić information content (AvgIpc) is 2.56. The van der Waals surface area contributed by atoms with Gasteiger partial charge in [-0.3, -0.25) is 4.90 Å². The highest BCUT2D eigenvalue weighted by Crippen LogP contribution is 2.18. The number of aromatic nitrogens is 3. The molecule has 1 aliphatic rings. The minimum absolute atomic E-state index is 0.0189. The van der Waals surface area contributed by atoms with E-state index in [4.69, 9.17) is 14.7 Å². The van der Waals surface area contributed by atoms with Gasteiger partial charge in [0.05, 0.1) is 26.3 Å². The number of nitriles is 1. The highest BCUT2D eigenvalue weighted by molar-refractivity contribution is 5.33. The number of anilines is 1. The summed E-state index contributed by atoms with van der Waals surface area (Å²) in [5.74, 6) is 0.545. The van der Waals surface area contributed by atoms with Gasteiger partial charge >= 0.3 is 12.0 Å². The summed E-state index contributed by atoms with van der Waals surface area (Å²) in [6.07, 6.45) is 0.837. The first-order chi connectivity index (χ1) is 10.2. The molecule has 1 atom stereocenters. The minimum atomic E-state index is -0.0189. The fourth-order valence-electron chi connectivity index (χ4n) is 2.32. The number of ether oxygens (including phenoxy) is 2. The highest BCUT2D eigenvalue weighted by atomic mass is 16.5. The van der Waals surface area contributed by atoms with Gasteiger partial charge in [0.25, 0.3) is 0 Å². The number of hydrogen-bond acceptors (Lipinski definition) is 8. The van der Waals surface area contributed by atoms with Gasteiger partial charge in [0.1, 0.15) is 0 Å². The Bertz CT molecular complexity index is 488. The first-order valence-corrected chi connectivity index (χ1v) is 6.94. The Hall–Kier alpha value is -2.14. The fourth-order valence-corrected chi connectivity index (χ4v) is 2.32. The zero-order chi connectivity index (χ0) is 15.2. The summed E-state index contributed by atoms with van der Waals surface area (Å²) in [6, 6.07) is 2.80. The summed E-state index contributed by atoms with van der Waals surface area (Å²) in [4.78, 5) is 16.7. The maximum absolute atomic E-state index is 9.13. The van der Waals surface area contributed by atoms with E-state index in [1.54, 1.807) is 0 Å². The molecule has 21 heavy (non-hydrogen) atoms. The van der Waals surface area contributed by atoms with E-state index in [1.807, 2.05) is 11.8 Å². The van der Waals surface area contributed by atoms with E-state index < -0.39 is 0 Å². The zero-order valence-electron chi connectivity index (χ0n) is 12.6. The van der Waals surface area contributed by atoms with Gasteiger partial charge < -0.3 is 14.4 Å². The maximum Gasteiger partial charge on any atom is 0.324 e. The molecule has 114 valence electrons. The fraction of sp³-hybridized carbons (Fsp3) is 0.692. The van der Waals surface area contributed by atoms with Crippen molar-refractivity contribution in [2.75, 3.05) is 45.3 Å². The molecule has 2 heterocycles. The molecule has 1 saturated heterocycles. The van der Waals surface area contributed by atoms with Crippen LogP contribution in [0.2, 0.25) is 0 Å². The summed E-state index contributed by atoms with van der Waals surface area (Å²) < 4.78 is 10.1. The lowest BCUT2D eigenvalue weighted by Gasteiger charge is -2.36. The van der Waals surface area contributed by atoms with Crippen LogP contribution in [-0.2, 0) is 0 Å². The van der Waals surface area contributed by atoms with Crippen LogP contribution >= 0.6 is 0 Å². The smallest absolute Gasteiger partial charge is 0.324 e. The molecule has 1 aliphatic heterocycles. The molecule has 0 N–H and O–H groups in total. The van der Waals surface area contributed by atoms with Crippen molar-refractivity contribution in [3.8, 4) is 18.1 Å². The predicted octanol–water partition coefficient (Wildman–Crippen LogP) is 0.313. The van der Waals surface area contributed by atoms with Crippen molar-refractivity contribution in [1.82, 2.24) is 19.9 Å². The van der Waals surface area contributed by atoms with Crippen molar-refractivity contribution in [2.45, 2.75) is 19.4 Å². The number of nitrogens with zero attached hydrogens (tertiary/aromatic N) is 6. The van der Waals surface area contributed by atoms with Gasteiger partial charge in [0.15, 0.2) is 0 Å². The monoisotopic (exact) mass is 292 g/mol. The normalized spacial score (nSPS) is 17.1. The van der Waals surface area contributed by atoms with E-state index in [0.717, 1.165) is 32.6 Å². The van der Waals surface area contributed by atoms with E-state index in [9.17, 15) is 0 Å². The summed E-state index contributed by atoms with van der Waals surface area (Å²) in [5, 5.41) is 9.13. The Morgan fingerprint density at radius 2 is 1.67 bits per heavy atom. The zero-order valence-corrected chi connectivity index (χ0v) is 12.6. The maximum atomic E-state index is 9.13. The molecule has 1 aromatic rings. The van der Waals surface area contributed by atoms with Crippen LogP contribution in [0.3, 0.4) is 0 Å². The summed E-state index contributed by atoms with van der Waals surface area (Å²) >= 11 is 0. The molecule has 0 amide bonds. The molecule has 2 rings (SSSR count). The Labute approximate surface area is 124 Å². The first-order valence-electron chi connectivity index (χ1n) is 6.94. The van der Waals surface area contributed by atoms with Crippen molar-refractivity contribution in [3.63, 3.8) is 0 Å². The molecule has 8 heteroatoms. The second kappa shape index (κ2) is 7.04. The molecular formula is C13H20N6O2. The molecular weight excluding hydrogens is 272 g/mol. The molecule has 0 saturated carbocycles. The van der Waals surface area contributed by atoms with Gasteiger partial charge in [0.2, 0.25) is 5.95 Å². The molecule has 0 aromatic carbocycles. The molecule has 0 aliphatic carbocycles.